The molecule has 124 valence electrons. The van der Waals surface area contributed by atoms with Crippen LogP contribution in [0, 0.1) is 6.92 Å². The van der Waals surface area contributed by atoms with Crippen molar-refractivity contribution in [3.8, 4) is 0 Å². The summed E-state index contributed by atoms with van der Waals surface area (Å²) in [4.78, 5) is 21.2. The van der Waals surface area contributed by atoms with Gasteiger partial charge in [-0.1, -0.05) is 52.0 Å². The third kappa shape index (κ3) is 4.44. The van der Waals surface area contributed by atoms with Gasteiger partial charge in [0, 0.05) is 15.1 Å². The van der Waals surface area contributed by atoms with Gasteiger partial charge in [-0.15, -0.1) is 11.3 Å². The molecule has 2 aromatic heterocycles. The molecule has 8 heteroatoms. The van der Waals surface area contributed by atoms with Crippen molar-refractivity contribution < 1.29 is 0 Å². The fourth-order valence-corrected chi connectivity index (χ4v) is 4.19. The Morgan fingerprint density at radius 2 is 2.17 bits per heavy atom. The second-order valence-corrected chi connectivity index (χ2v) is 8.95. The van der Waals surface area contributed by atoms with Gasteiger partial charge in [-0.25, -0.2) is 4.98 Å². The number of benzene rings is 1. The van der Waals surface area contributed by atoms with Gasteiger partial charge in [0.05, 0.1) is 11.9 Å². The number of hydrogen-bond acceptors (Lipinski definition) is 5. The van der Waals surface area contributed by atoms with E-state index >= 15 is 0 Å². The van der Waals surface area contributed by atoms with Crippen LogP contribution in [0.15, 0.2) is 39.6 Å². The van der Waals surface area contributed by atoms with Crippen molar-refractivity contribution in [2.75, 3.05) is 0 Å². The van der Waals surface area contributed by atoms with Crippen molar-refractivity contribution in [1.82, 2.24) is 15.3 Å². The summed E-state index contributed by atoms with van der Waals surface area (Å²) in [7, 11) is 0. The molecule has 2 heterocycles. The molecule has 4 nitrogen and oxygen atoms in total. The molecule has 0 bridgehead atoms. The van der Waals surface area contributed by atoms with Crippen LogP contribution >= 0.6 is 51.2 Å². The highest BCUT2D eigenvalue weighted by Gasteiger charge is 2.07. The van der Waals surface area contributed by atoms with E-state index in [9.17, 15) is 4.79 Å². The van der Waals surface area contributed by atoms with Crippen LogP contribution in [0.2, 0.25) is 0 Å². The zero-order valence-corrected chi connectivity index (χ0v) is 16.8. The summed E-state index contributed by atoms with van der Waals surface area (Å²) in [5.74, 6) is 1.40. The van der Waals surface area contributed by atoms with Crippen molar-refractivity contribution in [2.45, 2.75) is 19.2 Å². The highest BCUT2D eigenvalue weighted by atomic mass is 79.9. The normalized spacial score (nSPS) is 10.9. The summed E-state index contributed by atoms with van der Waals surface area (Å²) in [6.45, 7) is 2.38. The first-order valence-corrected chi connectivity index (χ1v) is 10.2. The van der Waals surface area contributed by atoms with Crippen molar-refractivity contribution in [1.29, 1.82) is 0 Å². The fourth-order valence-electron chi connectivity index (χ4n) is 2.12. The highest BCUT2D eigenvalue weighted by molar-refractivity contribution is 9.10. The molecule has 0 fully saturated rings. The van der Waals surface area contributed by atoms with Gasteiger partial charge < -0.3 is 10.3 Å². The molecule has 0 spiro atoms. The number of thioether (sulfide) groups is 1. The van der Waals surface area contributed by atoms with Crippen LogP contribution < -0.4 is 10.9 Å². The summed E-state index contributed by atoms with van der Waals surface area (Å²) in [6, 6.07) is 10.0. The second-order valence-electron chi connectivity index (χ2n) is 5.14. The topological polar surface area (TPSA) is 57.8 Å². The number of nitrogens with zero attached hydrogens (tertiary/aromatic N) is 1. The number of fused-ring (bicyclic) bond motifs is 1. The molecule has 0 radical (unpaired) electrons. The minimum absolute atomic E-state index is 0.102. The molecule has 0 amide bonds. The molecule has 0 saturated carbocycles. The van der Waals surface area contributed by atoms with E-state index in [2.05, 4.69) is 43.3 Å². The lowest BCUT2D eigenvalue weighted by molar-refractivity contribution is 0.843. The standard InChI is InChI=1S/C16H14BrN3OS3/c1-9-6-12-14(21)19-13(20-15(12)24-9)7-18-16(22)23-8-10-2-4-11(17)5-3-10/h2-6H,7-8H2,1H3,(H,18,22)(H,19,20,21). The van der Waals surface area contributed by atoms with Crippen LogP contribution in [0.1, 0.15) is 16.3 Å². The van der Waals surface area contributed by atoms with E-state index in [0.717, 1.165) is 19.9 Å². The first-order chi connectivity index (χ1) is 11.5. The number of aromatic nitrogens is 2. The number of aromatic amines is 1. The van der Waals surface area contributed by atoms with Gasteiger partial charge in [-0.3, -0.25) is 4.79 Å². The van der Waals surface area contributed by atoms with Crippen LogP contribution in [0.5, 0.6) is 0 Å². The average Bonchev–Trinajstić information content (AvgIpc) is 2.93. The molecule has 24 heavy (non-hydrogen) atoms. The van der Waals surface area contributed by atoms with E-state index in [1.54, 1.807) is 11.8 Å². The lowest BCUT2D eigenvalue weighted by Gasteiger charge is -2.07. The number of thiocarbonyl (C=S) groups is 1. The number of hydrogen-bond donors (Lipinski definition) is 2. The van der Waals surface area contributed by atoms with Crippen LogP contribution in [0.3, 0.4) is 0 Å². The Bertz CT molecular complexity index is 934. The number of nitrogens with one attached hydrogen (secondary N) is 2. The average molecular weight is 440 g/mol. The van der Waals surface area contributed by atoms with E-state index in [-0.39, 0.29) is 5.56 Å². The van der Waals surface area contributed by atoms with Crippen LogP contribution in [-0.2, 0) is 12.3 Å². The molecule has 0 saturated heterocycles. The Morgan fingerprint density at radius 1 is 1.42 bits per heavy atom. The number of H-pyrrole nitrogens is 1. The summed E-state index contributed by atoms with van der Waals surface area (Å²) < 4.78 is 1.74. The van der Waals surface area contributed by atoms with E-state index in [4.69, 9.17) is 12.2 Å². The van der Waals surface area contributed by atoms with Gasteiger partial charge in [0.1, 0.15) is 15.0 Å². The number of rotatable bonds is 4. The zero-order valence-electron chi connectivity index (χ0n) is 12.8. The number of halogens is 1. The lowest BCUT2D eigenvalue weighted by atomic mass is 10.2. The monoisotopic (exact) mass is 439 g/mol. The largest absolute Gasteiger partial charge is 0.364 e. The minimum Gasteiger partial charge on any atom is -0.364 e. The van der Waals surface area contributed by atoms with Gasteiger partial charge in [-0.2, -0.15) is 0 Å². The molecule has 0 aliphatic heterocycles. The quantitative estimate of drug-likeness (QED) is 0.591. The first-order valence-electron chi connectivity index (χ1n) is 7.15. The van der Waals surface area contributed by atoms with Crippen LogP contribution in [0.4, 0.5) is 0 Å². The molecule has 1 aromatic carbocycles. The second kappa shape index (κ2) is 7.77. The molecule has 2 N–H and O–H groups in total. The molecular formula is C16H14BrN3OS3. The smallest absolute Gasteiger partial charge is 0.259 e. The van der Waals surface area contributed by atoms with Crippen molar-refractivity contribution in [3.63, 3.8) is 0 Å². The van der Waals surface area contributed by atoms with Crippen LogP contribution in [0.25, 0.3) is 10.2 Å². The Hall–Kier alpha value is -1.22. The van der Waals surface area contributed by atoms with E-state index < -0.39 is 0 Å². The summed E-state index contributed by atoms with van der Waals surface area (Å²) in [5.41, 5.74) is 1.10. The Balaban J connectivity index is 1.58. The van der Waals surface area contributed by atoms with Gasteiger partial charge >= 0.3 is 0 Å². The van der Waals surface area contributed by atoms with Crippen LogP contribution in [-0.4, -0.2) is 14.3 Å². The molecule has 3 aromatic rings. The van der Waals surface area contributed by atoms with Crippen molar-refractivity contribution >= 4 is 65.8 Å². The minimum atomic E-state index is -0.102. The maximum absolute atomic E-state index is 12.0. The number of aryl methyl sites for hydroxylation is 1. The molecule has 0 atom stereocenters. The van der Waals surface area contributed by atoms with Crippen molar-refractivity contribution in [2.24, 2.45) is 0 Å². The molecule has 0 aliphatic rings. The predicted octanol–water partition coefficient (Wildman–Crippen LogP) is 4.36. The molecule has 0 unspecified atom stereocenters. The highest BCUT2D eigenvalue weighted by Crippen LogP contribution is 2.20. The third-order valence-corrected chi connectivity index (χ3v) is 6.11. The fraction of sp³-hybridized carbons (Fsp3) is 0.188. The van der Waals surface area contributed by atoms with Gasteiger partial charge in [0.25, 0.3) is 5.56 Å². The molecule has 3 rings (SSSR count). The van der Waals surface area contributed by atoms with Gasteiger partial charge in [0.15, 0.2) is 0 Å². The number of thiophene rings is 1. The maximum atomic E-state index is 12.0. The van der Waals surface area contributed by atoms with E-state index in [1.165, 1.54) is 16.9 Å². The first kappa shape index (κ1) is 17.6. The van der Waals surface area contributed by atoms with E-state index in [1.807, 2.05) is 25.1 Å². The maximum Gasteiger partial charge on any atom is 0.259 e. The summed E-state index contributed by atoms with van der Waals surface area (Å²) in [5, 5.41) is 3.78. The summed E-state index contributed by atoms with van der Waals surface area (Å²) >= 11 is 11.8. The Morgan fingerprint density at radius 3 is 2.92 bits per heavy atom. The van der Waals surface area contributed by atoms with Gasteiger partial charge in [0.2, 0.25) is 0 Å². The van der Waals surface area contributed by atoms with E-state index in [0.29, 0.717) is 22.1 Å². The predicted molar refractivity (Wildman–Crippen MR) is 110 cm³/mol. The third-order valence-electron chi connectivity index (χ3n) is 3.26. The molecular weight excluding hydrogens is 426 g/mol. The van der Waals surface area contributed by atoms with Crippen molar-refractivity contribution in [3.05, 3.63) is 61.4 Å². The Kier molecular flexibility index (Phi) is 5.70. The van der Waals surface area contributed by atoms with Gasteiger partial charge in [-0.05, 0) is 30.7 Å². The lowest BCUT2D eigenvalue weighted by Crippen LogP contribution is -2.22. The molecule has 0 aliphatic carbocycles. The Labute approximate surface area is 161 Å². The summed E-state index contributed by atoms with van der Waals surface area (Å²) in [6.07, 6.45) is 0. The SMILES string of the molecule is Cc1cc2c(=O)[nH]c(CNC(=S)SCc3ccc(Br)cc3)nc2s1. The zero-order chi connectivity index (χ0) is 17.1.